The van der Waals surface area contributed by atoms with Gasteiger partial charge >= 0.3 is 0 Å². The lowest BCUT2D eigenvalue weighted by Crippen LogP contribution is -2.37. The van der Waals surface area contributed by atoms with Gasteiger partial charge < -0.3 is 4.90 Å². The highest BCUT2D eigenvalue weighted by Crippen LogP contribution is 2.21. The highest BCUT2D eigenvalue weighted by molar-refractivity contribution is 4.73. The first kappa shape index (κ1) is 8.06. The molecule has 0 spiro atoms. The van der Waals surface area contributed by atoms with Gasteiger partial charge in [0.05, 0.1) is 0 Å². The summed E-state index contributed by atoms with van der Waals surface area (Å²) in [6, 6.07) is 0. The number of likely N-dealkylation sites (tertiary alicyclic amines) is 1. The Morgan fingerprint density at radius 2 is 2.00 bits per heavy atom. The van der Waals surface area contributed by atoms with Gasteiger partial charge in [-0.05, 0) is 31.3 Å². The van der Waals surface area contributed by atoms with E-state index in [9.17, 15) is 0 Å². The maximum Gasteiger partial charge on any atom is 0.000946 e. The second kappa shape index (κ2) is 3.38. The summed E-state index contributed by atoms with van der Waals surface area (Å²) in [6.07, 6.45) is 1.40. The maximum absolute atomic E-state index is 2.55. The maximum atomic E-state index is 2.55. The minimum atomic E-state index is 0.911. The zero-order valence-electron chi connectivity index (χ0n) is 7.43. The summed E-state index contributed by atoms with van der Waals surface area (Å²) in [6.45, 7) is 10.9. The molecule has 60 valence electrons. The Kier molecular flexibility index (Phi) is 2.72. The van der Waals surface area contributed by atoms with Crippen molar-refractivity contribution < 1.29 is 0 Å². The van der Waals surface area contributed by atoms with Crippen LogP contribution in [-0.2, 0) is 0 Å². The molecular weight excluding hydrogens is 122 g/mol. The highest BCUT2D eigenvalue weighted by Gasteiger charge is 2.20. The van der Waals surface area contributed by atoms with Crippen LogP contribution in [0.4, 0.5) is 0 Å². The summed E-state index contributed by atoms with van der Waals surface area (Å²) in [4.78, 5) is 2.55. The average molecular weight is 141 g/mol. The Balaban J connectivity index is 2.33. The Bertz CT molecular complexity index is 101. The van der Waals surface area contributed by atoms with Crippen molar-refractivity contribution in [1.82, 2.24) is 4.90 Å². The predicted octanol–water partition coefficient (Wildman–Crippen LogP) is 1.98. The normalized spacial score (nSPS) is 36.3. The molecule has 10 heavy (non-hydrogen) atoms. The molecule has 1 unspecified atom stereocenters. The first-order valence-corrected chi connectivity index (χ1v) is 4.46. The molecule has 1 nitrogen and oxygen atoms in total. The Morgan fingerprint density at radius 1 is 1.30 bits per heavy atom. The van der Waals surface area contributed by atoms with E-state index in [0.29, 0.717) is 0 Å². The third-order valence-corrected chi connectivity index (χ3v) is 2.87. The van der Waals surface area contributed by atoms with Gasteiger partial charge in [-0.25, -0.2) is 0 Å². The number of piperidine rings is 1. The van der Waals surface area contributed by atoms with E-state index in [2.05, 4.69) is 25.7 Å². The van der Waals surface area contributed by atoms with Crippen molar-refractivity contribution in [3.05, 3.63) is 0 Å². The van der Waals surface area contributed by atoms with E-state index in [4.69, 9.17) is 0 Å². The fourth-order valence-corrected chi connectivity index (χ4v) is 1.64. The minimum Gasteiger partial charge on any atom is -0.303 e. The molecule has 0 N–H and O–H groups in total. The summed E-state index contributed by atoms with van der Waals surface area (Å²) in [5.74, 6) is 1.86. The number of hydrogen-bond donors (Lipinski definition) is 0. The average Bonchev–Trinajstić information content (AvgIpc) is 1.95. The van der Waals surface area contributed by atoms with Gasteiger partial charge in [0, 0.05) is 6.54 Å². The summed E-state index contributed by atoms with van der Waals surface area (Å²) >= 11 is 0. The van der Waals surface area contributed by atoms with Crippen LogP contribution >= 0.6 is 0 Å². The number of hydrogen-bond acceptors (Lipinski definition) is 1. The van der Waals surface area contributed by atoms with Crippen LogP contribution in [-0.4, -0.2) is 24.5 Å². The van der Waals surface area contributed by atoms with Crippen LogP contribution in [0.2, 0.25) is 0 Å². The molecule has 0 aromatic rings. The molecule has 0 radical (unpaired) electrons. The molecule has 1 heteroatoms. The van der Waals surface area contributed by atoms with Crippen molar-refractivity contribution >= 4 is 0 Å². The van der Waals surface area contributed by atoms with E-state index < -0.39 is 0 Å². The lowest BCUT2D eigenvalue weighted by atomic mass is 9.89. The van der Waals surface area contributed by atoms with Crippen LogP contribution < -0.4 is 0 Å². The topological polar surface area (TPSA) is 3.24 Å². The molecule has 2 atom stereocenters. The largest absolute Gasteiger partial charge is 0.303 e. The summed E-state index contributed by atoms with van der Waals surface area (Å²) < 4.78 is 0. The molecule has 0 aromatic heterocycles. The second-order valence-electron chi connectivity index (χ2n) is 3.64. The van der Waals surface area contributed by atoms with Gasteiger partial charge in [0.15, 0.2) is 0 Å². The first-order chi connectivity index (χ1) is 4.74. The molecule has 1 saturated heterocycles. The fraction of sp³-hybridized carbons (Fsp3) is 1.00. The molecule has 1 fully saturated rings. The van der Waals surface area contributed by atoms with Gasteiger partial charge in [-0.1, -0.05) is 20.8 Å². The molecule has 0 aromatic carbocycles. The van der Waals surface area contributed by atoms with Crippen molar-refractivity contribution in [2.45, 2.75) is 27.2 Å². The third-order valence-electron chi connectivity index (χ3n) is 2.87. The smallest absolute Gasteiger partial charge is 0.000946 e. The summed E-state index contributed by atoms with van der Waals surface area (Å²) in [5.41, 5.74) is 0. The lowest BCUT2D eigenvalue weighted by Gasteiger charge is -2.34. The quantitative estimate of drug-likeness (QED) is 0.540. The van der Waals surface area contributed by atoms with Crippen molar-refractivity contribution in [2.75, 3.05) is 19.6 Å². The second-order valence-corrected chi connectivity index (χ2v) is 3.64. The van der Waals surface area contributed by atoms with Crippen molar-refractivity contribution in [2.24, 2.45) is 11.8 Å². The molecule has 1 heterocycles. The van der Waals surface area contributed by atoms with E-state index in [1.54, 1.807) is 0 Å². The number of rotatable bonds is 1. The molecule has 0 amide bonds. The van der Waals surface area contributed by atoms with Crippen LogP contribution in [0.3, 0.4) is 0 Å². The van der Waals surface area contributed by atoms with Crippen molar-refractivity contribution in [1.29, 1.82) is 0 Å². The van der Waals surface area contributed by atoms with Crippen LogP contribution in [0, 0.1) is 11.8 Å². The molecule has 1 rings (SSSR count). The third kappa shape index (κ3) is 1.72. The van der Waals surface area contributed by atoms with E-state index in [1.807, 2.05) is 0 Å². The van der Waals surface area contributed by atoms with Gasteiger partial charge in [-0.15, -0.1) is 0 Å². The van der Waals surface area contributed by atoms with Crippen molar-refractivity contribution in [3.8, 4) is 0 Å². The Morgan fingerprint density at radius 3 is 2.50 bits per heavy atom. The Hall–Kier alpha value is -0.0400. The van der Waals surface area contributed by atoms with Gasteiger partial charge in [-0.2, -0.15) is 0 Å². The zero-order valence-corrected chi connectivity index (χ0v) is 7.43. The SMILES string of the molecule is CCN1CCC(C)[C@H](C)C1. The highest BCUT2D eigenvalue weighted by atomic mass is 15.1. The molecule has 0 bridgehead atoms. The fourth-order valence-electron chi connectivity index (χ4n) is 1.64. The molecule has 1 aliphatic rings. The van der Waals surface area contributed by atoms with Gasteiger partial charge in [0.25, 0.3) is 0 Å². The van der Waals surface area contributed by atoms with Gasteiger partial charge in [0.1, 0.15) is 0 Å². The van der Waals surface area contributed by atoms with Crippen LogP contribution in [0.15, 0.2) is 0 Å². The number of nitrogens with zero attached hydrogens (tertiary/aromatic N) is 1. The summed E-state index contributed by atoms with van der Waals surface area (Å²) in [7, 11) is 0. The lowest BCUT2D eigenvalue weighted by molar-refractivity contribution is 0.145. The molecule has 0 saturated carbocycles. The predicted molar refractivity (Wildman–Crippen MR) is 45.1 cm³/mol. The molecule has 0 aliphatic carbocycles. The Labute approximate surface area is 64.4 Å². The van der Waals surface area contributed by atoms with Crippen LogP contribution in [0.25, 0.3) is 0 Å². The van der Waals surface area contributed by atoms with Gasteiger partial charge in [0.2, 0.25) is 0 Å². The van der Waals surface area contributed by atoms with Crippen molar-refractivity contribution in [3.63, 3.8) is 0 Å². The molecular formula is C9H19N. The van der Waals surface area contributed by atoms with Crippen LogP contribution in [0.5, 0.6) is 0 Å². The zero-order chi connectivity index (χ0) is 7.56. The first-order valence-electron chi connectivity index (χ1n) is 4.46. The molecule has 1 aliphatic heterocycles. The van der Waals surface area contributed by atoms with E-state index in [1.165, 1.54) is 26.1 Å². The van der Waals surface area contributed by atoms with Crippen LogP contribution in [0.1, 0.15) is 27.2 Å². The summed E-state index contributed by atoms with van der Waals surface area (Å²) in [5, 5.41) is 0. The van der Waals surface area contributed by atoms with E-state index in [0.717, 1.165) is 11.8 Å². The standard InChI is InChI=1S/C9H19N/c1-4-10-6-5-8(2)9(3)7-10/h8-9H,4-7H2,1-3H3/t8?,9-/m1/s1. The van der Waals surface area contributed by atoms with E-state index >= 15 is 0 Å². The monoisotopic (exact) mass is 141 g/mol. The van der Waals surface area contributed by atoms with Gasteiger partial charge in [-0.3, -0.25) is 0 Å². The van der Waals surface area contributed by atoms with E-state index in [-0.39, 0.29) is 0 Å². The minimum absolute atomic E-state index is 0.911.